The number of amides is 2. The number of hydrogen-bond acceptors (Lipinski definition) is 6. The fraction of sp³-hybridized carbons (Fsp3) is 0.321. The Morgan fingerprint density at radius 3 is 2.10 bits per heavy atom. The molecule has 0 aliphatic carbocycles. The number of carboxylic acids is 1. The summed E-state index contributed by atoms with van der Waals surface area (Å²) in [5.41, 5.74) is 0.311. The van der Waals surface area contributed by atoms with Gasteiger partial charge in [0, 0.05) is 23.5 Å². The van der Waals surface area contributed by atoms with Gasteiger partial charge in [-0.2, -0.15) is 0 Å². The van der Waals surface area contributed by atoms with Crippen LogP contribution in [0.1, 0.15) is 32.4 Å². The smallest absolute Gasteiger partial charge is 0.329 e. The van der Waals surface area contributed by atoms with Gasteiger partial charge < -0.3 is 30.8 Å². The van der Waals surface area contributed by atoms with Crippen molar-refractivity contribution < 1.29 is 24.6 Å². The third-order valence-electron chi connectivity index (χ3n) is 6.83. The van der Waals surface area contributed by atoms with Crippen LogP contribution in [0.3, 0.4) is 0 Å². The first-order chi connectivity index (χ1) is 19.0. The highest BCUT2D eigenvalue weighted by Crippen LogP contribution is 2.23. The second-order valence-corrected chi connectivity index (χ2v) is 10.0. The topological polar surface area (TPSA) is 186 Å². The van der Waals surface area contributed by atoms with Crippen LogP contribution < -0.4 is 21.9 Å². The van der Waals surface area contributed by atoms with Crippen LogP contribution in [0.2, 0.25) is 0 Å². The molecular formula is C28H31N5O7. The molecule has 0 spiro atoms. The minimum atomic E-state index is -1.60. The molecule has 2 amide bonds. The summed E-state index contributed by atoms with van der Waals surface area (Å²) in [7, 11) is 0. The van der Waals surface area contributed by atoms with Gasteiger partial charge in [-0.1, -0.05) is 44.2 Å². The summed E-state index contributed by atoms with van der Waals surface area (Å²) in [6.45, 7) is 4.51. The number of para-hydroxylation sites is 2. The molecule has 0 fully saturated rings. The van der Waals surface area contributed by atoms with Crippen LogP contribution in [0.15, 0.2) is 64.3 Å². The van der Waals surface area contributed by atoms with Crippen molar-refractivity contribution in [2.75, 3.05) is 0 Å². The Morgan fingerprint density at radius 1 is 0.875 bits per heavy atom. The lowest BCUT2D eigenvalue weighted by Crippen LogP contribution is -2.57. The summed E-state index contributed by atoms with van der Waals surface area (Å²) in [5, 5.41) is 25.0. The molecule has 0 bridgehead atoms. The van der Waals surface area contributed by atoms with E-state index in [0.29, 0.717) is 11.1 Å². The molecule has 0 saturated carbocycles. The third kappa shape index (κ3) is 5.66. The van der Waals surface area contributed by atoms with Gasteiger partial charge in [0.1, 0.15) is 12.1 Å². The summed E-state index contributed by atoms with van der Waals surface area (Å²) >= 11 is 0. The van der Waals surface area contributed by atoms with Crippen LogP contribution in [0, 0.1) is 5.92 Å². The molecule has 0 aliphatic rings. The zero-order valence-electron chi connectivity index (χ0n) is 22.2. The molecule has 6 N–H and O–H groups in total. The number of aromatic nitrogens is 3. The molecule has 4 rings (SSSR count). The van der Waals surface area contributed by atoms with Crippen LogP contribution in [-0.4, -0.2) is 60.7 Å². The van der Waals surface area contributed by atoms with E-state index in [1.165, 1.54) is 13.0 Å². The lowest BCUT2D eigenvalue weighted by molar-refractivity contribution is -0.145. The number of aliphatic carboxylic acids is 1. The Hall–Kier alpha value is -4.71. The van der Waals surface area contributed by atoms with Crippen molar-refractivity contribution in [1.82, 2.24) is 25.2 Å². The molecule has 2 aromatic heterocycles. The minimum absolute atomic E-state index is 0.0605. The maximum absolute atomic E-state index is 13.8. The van der Waals surface area contributed by atoms with Gasteiger partial charge in [-0.15, -0.1) is 0 Å². The van der Waals surface area contributed by atoms with Crippen LogP contribution in [0.4, 0.5) is 0 Å². The maximum Gasteiger partial charge on any atom is 0.329 e. The number of aromatic amines is 2. The van der Waals surface area contributed by atoms with Crippen LogP contribution >= 0.6 is 0 Å². The van der Waals surface area contributed by atoms with E-state index in [1.54, 1.807) is 38.2 Å². The quantitative estimate of drug-likeness (QED) is 0.171. The van der Waals surface area contributed by atoms with Crippen LogP contribution in [-0.2, 0) is 20.8 Å². The third-order valence-corrected chi connectivity index (χ3v) is 6.83. The molecule has 12 nitrogen and oxygen atoms in total. The highest BCUT2D eigenvalue weighted by molar-refractivity contribution is 5.92. The van der Waals surface area contributed by atoms with Gasteiger partial charge in [-0.3, -0.25) is 14.4 Å². The van der Waals surface area contributed by atoms with Gasteiger partial charge >= 0.3 is 11.7 Å². The van der Waals surface area contributed by atoms with Gasteiger partial charge in [-0.25, -0.2) is 14.2 Å². The molecule has 0 unspecified atom stereocenters. The lowest BCUT2D eigenvalue weighted by atomic mass is 10.00. The highest BCUT2D eigenvalue weighted by atomic mass is 16.4. The number of hydrogen-bond donors (Lipinski definition) is 6. The molecule has 4 atom stereocenters. The lowest BCUT2D eigenvalue weighted by Gasteiger charge is -2.27. The molecule has 0 radical (unpaired) electrons. The number of nitrogens with zero attached hydrogens (tertiary/aromatic N) is 1. The van der Waals surface area contributed by atoms with Crippen molar-refractivity contribution in [2.24, 2.45) is 5.92 Å². The summed E-state index contributed by atoms with van der Waals surface area (Å²) in [6, 6.07) is 9.60. The van der Waals surface area contributed by atoms with E-state index in [2.05, 4.69) is 20.6 Å². The second kappa shape index (κ2) is 11.6. The SMILES string of the molecule is CC(C)[C@H](NC(=O)[C@H](Cc1c[nH]c2ccccc12)n1c(=O)[nH]c2ccccc2c1=O)C(=O)N[C@H](C(=O)O)[C@@H](C)O. The normalized spacial score (nSPS) is 14.5. The first-order valence-corrected chi connectivity index (χ1v) is 12.8. The largest absolute Gasteiger partial charge is 0.480 e. The van der Waals surface area contributed by atoms with Crippen LogP contribution in [0.5, 0.6) is 0 Å². The molecule has 0 aliphatic heterocycles. The van der Waals surface area contributed by atoms with E-state index in [1.807, 2.05) is 24.3 Å². The summed E-state index contributed by atoms with van der Waals surface area (Å²) in [4.78, 5) is 70.9. The minimum Gasteiger partial charge on any atom is -0.480 e. The Balaban J connectivity index is 1.76. The van der Waals surface area contributed by atoms with Crippen molar-refractivity contribution in [3.05, 3.63) is 81.1 Å². The first-order valence-electron chi connectivity index (χ1n) is 12.8. The van der Waals surface area contributed by atoms with E-state index in [-0.39, 0.29) is 11.8 Å². The Labute approximate surface area is 228 Å². The number of carboxylic acid groups (broad SMARTS) is 1. The molecule has 210 valence electrons. The number of benzene rings is 2. The highest BCUT2D eigenvalue weighted by Gasteiger charge is 2.34. The second-order valence-electron chi connectivity index (χ2n) is 10.0. The maximum atomic E-state index is 13.8. The first kappa shape index (κ1) is 28.3. The average molecular weight is 550 g/mol. The number of aliphatic hydroxyl groups excluding tert-OH is 1. The monoisotopic (exact) mass is 549 g/mol. The van der Waals surface area contributed by atoms with E-state index in [9.17, 15) is 34.2 Å². The fourth-order valence-corrected chi connectivity index (χ4v) is 4.69. The van der Waals surface area contributed by atoms with E-state index >= 15 is 0 Å². The fourth-order valence-electron chi connectivity index (χ4n) is 4.69. The molecule has 4 aromatic rings. The van der Waals surface area contributed by atoms with E-state index < -0.39 is 59.2 Å². The Morgan fingerprint density at radius 2 is 1.48 bits per heavy atom. The summed E-state index contributed by atoms with van der Waals surface area (Å²) < 4.78 is 0.838. The zero-order chi connectivity index (χ0) is 29.1. The molecule has 0 saturated heterocycles. The predicted molar refractivity (Wildman–Crippen MR) is 148 cm³/mol. The van der Waals surface area contributed by atoms with Crippen LogP contribution in [0.25, 0.3) is 21.8 Å². The molecule has 40 heavy (non-hydrogen) atoms. The van der Waals surface area contributed by atoms with Gasteiger partial charge in [0.25, 0.3) is 5.56 Å². The van der Waals surface area contributed by atoms with E-state index in [4.69, 9.17) is 0 Å². The molecule has 2 aromatic carbocycles. The average Bonchev–Trinajstić information content (AvgIpc) is 3.31. The van der Waals surface area contributed by atoms with Crippen molar-refractivity contribution in [2.45, 2.75) is 51.4 Å². The van der Waals surface area contributed by atoms with Crippen molar-refractivity contribution in [3.63, 3.8) is 0 Å². The number of nitrogens with one attached hydrogen (secondary N) is 4. The number of aliphatic hydroxyl groups is 1. The number of carbonyl (C=O) groups is 3. The molecule has 2 heterocycles. The predicted octanol–water partition coefficient (Wildman–Crippen LogP) is 1.05. The summed E-state index contributed by atoms with van der Waals surface area (Å²) in [6.07, 6.45) is 0.238. The summed E-state index contributed by atoms with van der Waals surface area (Å²) in [5.74, 6) is -3.57. The number of carbonyl (C=O) groups excluding carboxylic acids is 2. The molecule has 12 heteroatoms. The van der Waals surface area contributed by atoms with Crippen molar-refractivity contribution in [1.29, 1.82) is 0 Å². The number of H-pyrrole nitrogens is 2. The molecular weight excluding hydrogens is 518 g/mol. The Bertz CT molecular complexity index is 1680. The van der Waals surface area contributed by atoms with Crippen molar-refractivity contribution in [3.8, 4) is 0 Å². The Kier molecular flexibility index (Phi) is 8.19. The van der Waals surface area contributed by atoms with Crippen molar-refractivity contribution >= 4 is 39.6 Å². The van der Waals surface area contributed by atoms with Gasteiger partial charge in [0.15, 0.2) is 6.04 Å². The van der Waals surface area contributed by atoms with Gasteiger partial charge in [0.05, 0.1) is 17.0 Å². The standard InChI is InChI=1S/C28H31N5O7/c1-14(2)22(25(36)32-23(15(3)34)27(38)39)31-24(35)21(12-16-13-29-19-10-6-4-8-17(16)19)33-26(37)18-9-5-7-11-20(18)30-28(33)40/h4-11,13-15,21-23,29,34H,12H2,1-3H3,(H,30,40)(H,31,35)(H,32,36)(H,38,39)/t15-,21+,22+,23+/m1/s1. The van der Waals surface area contributed by atoms with E-state index in [0.717, 1.165) is 15.5 Å². The van der Waals surface area contributed by atoms with Gasteiger partial charge in [-0.05, 0) is 36.6 Å². The number of rotatable bonds is 10. The van der Waals surface area contributed by atoms with Gasteiger partial charge in [0.2, 0.25) is 11.8 Å². The number of fused-ring (bicyclic) bond motifs is 2. The zero-order valence-corrected chi connectivity index (χ0v) is 22.2.